The molecule has 10 heteroatoms. The highest BCUT2D eigenvalue weighted by molar-refractivity contribution is 6.09. The number of nitrogens with one attached hydrogen (secondary N) is 1. The summed E-state index contributed by atoms with van der Waals surface area (Å²) in [5.74, 6) is -1.26. The first-order valence-electron chi connectivity index (χ1n) is 9.01. The van der Waals surface area contributed by atoms with Crippen molar-refractivity contribution >= 4 is 29.2 Å². The summed E-state index contributed by atoms with van der Waals surface area (Å²) in [4.78, 5) is 34.2. The van der Waals surface area contributed by atoms with Crippen molar-refractivity contribution in [3.05, 3.63) is 78.3 Å². The van der Waals surface area contributed by atoms with Gasteiger partial charge in [0.05, 0.1) is 11.9 Å². The Morgan fingerprint density at radius 2 is 1.65 bits per heavy atom. The van der Waals surface area contributed by atoms with Gasteiger partial charge in [-0.2, -0.15) is 0 Å². The zero-order valence-corrected chi connectivity index (χ0v) is 16.1. The number of fused-ring (bicyclic) bond motifs is 1. The molecule has 2 amide bonds. The number of carbonyl (C=O) groups excluding carboxylic acids is 1. The molecule has 156 valence electrons. The molecule has 4 rings (SSSR count). The third-order valence-corrected chi connectivity index (χ3v) is 4.57. The number of aromatic nitrogens is 3. The van der Waals surface area contributed by atoms with Gasteiger partial charge in [-0.3, -0.25) is 14.5 Å². The minimum Gasteiger partial charge on any atom is -0.465 e. The predicted molar refractivity (Wildman–Crippen MR) is 109 cm³/mol. The first-order chi connectivity index (χ1) is 14.8. The highest BCUT2D eigenvalue weighted by atomic mass is 19.1. The third-order valence-electron chi connectivity index (χ3n) is 4.57. The number of imidazole rings is 1. The van der Waals surface area contributed by atoms with Crippen LogP contribution in [0.2, 0.25) is 0 Å². The quantitative estimate of drug-likeness (QED) is 0.516. The van der Waals surface area contributed by atoms with Crippen LogP contribution in [0.4, 0.5) is 25.0 Å². The van der Waals surface area contributed by atoms with E-state index in [1.165, 1.54) is 77.3 Å². The molecular formula is C21H15F2N5O3. The number of hydrogen-bond acceptors (Lipinski definition) is 4. The maximum absolute atomic E-state index is 13.4. The molecule has 0 saturated carbocycles. The van der Waals surface area contributed by atoms with Gasteiger partial charge in [0.25, 0.3) is 5.91 Å². The molecule has 0 atom stereocenters. The number of carbonyl (C=O) groups is 2. The van der Waals surface area contributed by atoms with Crippen molar-refractivity contribution in [1.82, 2.24) is 14.4 Å². The molecule has 8 nitrogen and oxygen atoms in total. The maximum atomic E-state index is 13.4. The molecule has 0 aliphatic heterocycles. The van der Waals surface area contributed by atoms with Gasteiger partial charge < -0.3 is 10.0 Å². The van der Waals surface area contributed by atoms with Crippen molar-refractivity contribution in [2.75, 3.05) is 17.3 Å². The van der Waals surface area contributed by atoms with Crippen LogP contribution in [0.3, 0.4) is 0 Å². The van der Waals surface area contributed by atoms with Crippen molar-refractivity contribution in [2.24, 2.45) is 0 Å². The van der Waals surface area contributed by atoms with Gasteiger partial charge in [-0.15, -0.1) is 0 Å². The summed E-state index contributed by atoms with van der Waals surface area (Å²) in [5.41, 5.74) is 1.34. The molecule has 0 saturated heterocycles. The summed E-state index contributed by atoms with van der Waals surface area (Å²) in [5, 5.41) is 11.2. The van der Waals surface area contributed by atoms with E-state index in [1.54, 1.807) is 0 Å². The van der Waals surface area contributed by atoms with Crippen LogP contribution in [0, 0.1) is 11.6 Å². The lowest BCUT2D eigenvalue weighted by Crippen LogP contribution is -2.28. The Morgan fingerprint density at radius 3 is 2.26 bits per heavy atom. The number of nitrogens with zero attached hydrogens (tertiary/aromatic N) is 4. The number of rotatable bonds is 4. The molecule has 2 N–H and O–H groups in total. The Bertz CT molecular complexity index is 1290. The fourth-order valence-electron chi connectivity index (χ4n) is 3.08. The standard InChI is InChI=1S/C21H15F2N5O3/c1-27(16-8-6-14(23)7-9-16)19(29)18-17(12-2-4-13(22)5-3-12)26-20-24-10-15(11-28(18)20)25-21(30)31/h2-11,25H,1H3,(H,30,31). The molecule has 0 fully saturated rings. The number of anilines is 2. The summed E-state index contributed by atoms with van der Waals surface area (Å²) in [6.45, 7) is 0. The van der Waals surface area contributed by atoms with Crippen molar-refractivity contribution in [1.29, 1.82) is 0 Å². The summed E-state index contributed by atoms with van der Waals surface area (Å²) >= 11 is 0. The molecule has 2 aromatic heterocycles. The average Bonchev–Trinajstić information content (AvgIpc) is 3.12. The zero-order chi connectivity index (χ0) is 22.1. The van der Waals surface area contributed by atoms with E-state index in [-0.39, 0.29) is 22.9 Å². The molecule has 2 heterocycles. The number of amides is 2. The van der Waals surface area contributed by atoms with Crippen molar-refractivity contribution in [2.45, 2.75) is 0 Å². The van der Waals surface area contributed by atoms with Crippen LogP contribution in [0.25, 0.3) is 17.0 Å². The normalized spacial score (nSPS) is 10.8. The second-order valence-corrected chi connectivity index (χ2v) is 6.60. The minimum atomic E-state index is -1.30. The van der Waals surface area contributed by atoms with E-state index in [9.17, 15) is 18.4 Å². The summed E-state index contributed by atoms with van der Waals surface area (Å²) < 4.78 is 28.1. The van der Waals surface area contributed by atoms with Crippen LogP contribution in [-0.2, 0) is 0 Å². The van der Waals surface area contributed by atoms with Crippen molar-refractivity contribution < 1.29 is 23.5 Å². The average molecular weight is 423 g/mol. The fourth-order valence-corrected chi connectivity index (χ4v) is 3.08. The van der Waals surface area contributed by atoms with E-state index in [1.807, 2.05) is 0 Å². The van der Waals surface area contributed by atoms with Gasteiger partial charge >= 0.3 is 6.09 Å². The minimum absolute atomic E-state index is 0.0787. The van der Waals surface area contributed by atoms with E-state index in [4.69, 9.17) is 5.11 Å². The lowest BCUT2D eigenvalue weighted by molar-refractivity contribution is 0.0988. The van der Waals surface area contributed by atoms with Crippen LogP contribution < -0.4 is 10.2 Å². The van der Waals surface area contributed by atoms with Gasteiger partial charge in [0, 0.05) is 24.5 Å². The summed E-state index contributed by atoms with van der Waals surface area (Å²) in [6, 6.07) is 10.8. The Hall–Kier alpha value is -4.34. The van der Waals surface area contributed by atoms with E-state index < -0.39 is 23.6 Å². The summed E-state index contributed by atoms with van der Waals surface area (Å²) in [6.07, 6.45) is 1.35. The number of carboxylic acid groups (broad SMARTS) is 1. The molecule has 0 radical (unpaired) electrons. The second kappa shape index (κ2) is 7.82. The zero-order valence-electron chi connectivity index (χ0n) is 16.1. The molecule has 0 aliphatic rings. The van der Waals surface area contributed by atoms with Crippen molar-refractivity contribution in [3.63, 3.8) is 0 Å². The van der Waals surface area contributed by atoms with Gasteiger partial charge in [0.1, 0.15) is 23.0 Å². The topological polar surface area (TPSA) is 99.8 Å². The molecule has 2 aromatic carbocycles. The second-order valence-electron chi connectivity index (χ2n) is 6.60. The van der Waals surface area contributed by atoms with E-state index in [0.717, 1.165) is 0 Å². The first-order valence-corrected chi connectivity index (χ1v) is 9.01. The lowest BCUT2D eigenvalue weighted by Gasteiger charge is -2.18. The van der Waals surface area contributed by atoms with Gasteiger partial charge in [-0.25, -0.2) is 23.5 Å². The van der Waals surface area contributed by atoms with Crippen LogP contribution in [0.5, 0.6) is 0 Å². The molecule has 0 unspecified atom stereocenters. The fraction of sp³-hybridized carbons (Fsp3) is 0.0476. The number of benzene rings is 2. The number of hydrogen-bond donors (Lipinski definition) is 2. The van der Waals surface area contributed by atoms with Crippen molar-refractivity contribution in [3.8, 4) is 11.3 Å². The number of halogens is 2. The van der Waals surface area contributed by atoms with E-state index in [0.29, 0.717) is 11.3 Å². The van der Waals surface area contributed by atoms with E-state index >= 15 is 0 Å². The van der Waals surface area contributed by atoms with Gasteiger partial charge in [-0.05, 0) is 48.5 Å². The van der Waals surface area contributed by atoms with Gasteiger partial charge in [0.15, 0.2) is 0 Å². The molecular weight excluding hydrogens is 408 g/mol. The molecule has 0 spiro atoms. The van der Waals surface area contributed by atoms with Gasteiger partial charge in [-0.1, -0.05) is 0 Å². The van der Waals surface area contributed by atoms with Gasteiger partial charge in [0.2, 0.25) is 5.78 Å². The SMILES string of the molecule is CN(C(=O)c1c(-c2ccc(F)cc2)nc2ncc(NC(=O)O)cn12)c1ccc(F)cc1. The van der Waals surface area contributed by atoms with E-state index in [2.05, 4.69) is 15.3 Å². The Kier molecular flexibility index (Phi) is 5.04. The van der Waals surface area contributed by atoms with Crippen LogP contribution in [-0.4, -0.2) is 38.5 Å². The monoisotopic (exact) mass is 423 g/mol. The Labute approximate surface area is 174 Å². The summed E-state index contributed by atoms with van der Waals surface area (Å²) in [7, 11) is 1.51. The molecule has 31 heavy (non-hydrogen) atoms. The highest BCUT2D eigenvalue weighted by Gasteiger charge is 2.25. The largest absolute Gasteiger partial charge is 0.465 e. The predicted octanol–water partition coefficient (Wildman–Crippen LogP) is 4.04. The third kappa shape index (κ3) is 3.90. The van der Waals surface area contributed by atoms with Crippen LogP contribution >= 0.6 is 0 Å². The lowest BCUT2D eigenvalue weighted by atomic mass is 10.1. The van der Waals surface area contributed by atoms with Crippen LogP contribution in [0.15, 0.2) is 60.9 Å². The molecule has 4 aromatic rings. The molecule has 0 aliphatic carbocycles. The first kappa shape index (κ1) is 20.0. The highest BCUT2D eigenvalue weighted by Crippen LogP contribution is 2.27. The Morgan fingerprint density at radius 1 is 1.03 bits per heavy atom. The smallest absolute Gasteiger partial charge is 0.409 e. The van der Waals surface area contributed by atoms with Crippen LogP contribution in [0.1, 0.15) is 10.5 Å². The Balaban J connectivity index is 1.89. The maximum Gasteiger partial charge on any atom is 0.409 e. The molecule has 0 bridgehead atoms.